The zero-order chi connectivity index (χ0) is 16.3. The third-order valence-corrected chi connectivity index (χ3v) is 2.90. The number of hydrogen-bond donors (Lipinski definition) is 1. The number of nitro groups is 1. The monoisotopic (exact) mass is 312 g/mol. The molecule has 0 spiro atoms. The molecule has 0 heterocycles. The smallest absolute Gasteiger partial charge is 0.416 e. The largest absolute Gasteiger partial charge is 0.495 e. The fourth-order valence-electron chi connectivity index (χ4n) is 1.86. The highest BCUT2D eigenvalue weighted by atomic mass is 19.4. The Balaban J connectivity index is 2.45. The van der Waals surface area contributed by atoms with Crippen molar-refractivity contribution in [1.29, 1.82) is 0 Å². The van der Waals surface area contributed by atoms with Gasteiger partial charge in [-0.25, -0.2) is 0 Å². The number of methoxy groups -OCH3 is 1. The summed E-state index contributed by atoms with van der Waals surface area (Å²) < 4.78 is 43.0. The molecule has 2 aromatic rings. The van der Waals surface area contributed by atoms with Gasteiger partial charge >= 0.3 is 6.18 Å². The molecule has 5 nitrogen and oxygen atoms in total. The molecule has 0 unspecified atom stereocenters. The quantitative estimate of drug-likeness (QED) is 0.672. The van der Waals surface area contributed by atoms with Crippen molar-refractivity contribution in [3.05, 3.63) is 58.1 Å². The van der Waals surface area contributed by atoms with Crippen LogP contribution in [0.1, 0.15) is 5.56 Å². The van der Waals surface area contributed by atoms with Crippen LogP contribution in [0.15, 0.2) is 42.5 Å². The van der Waals surface area contributed by atoms with Crippen LogP contribution in [-0.4, -0.2) is 12.0 Å². The van der Waals surface area contributed by atoms with E-state index < -0.39 is 22.4 Å². The minimum atomic E-state index is -4.65. The lowest BCUT2D eigenvalue weighted by molar-refractivity contribution is -0.384. The first-order chi connectivity index (χ1) is 10.3. The molecule has 0 aliphatic rings. The van der Waals surface area contributed by atoms with Gasteiger partial charge in [-0.05, 0) is 24.3 Å². The zero-order valence-corrected chi connectivity index (χ0v) is 11.3. The van der Waals surface area contributed by atoms with Crippen LogP contribution in [0, 0.1) is 10.1 Å². The van der Waals surface area contributed by atoms with Crippen LogP contribution in [0.5, 0.6) is 5.75 Å². The minimum Gasteiger partial charge on any atom is -0.495 e. The summed E-state index contributed by atoms with van der Waals surface area (Å²) in [5.74, 6) is 0.414. The summed E-state index contributed by atoms with van der Waals surface area (Å²) in [5, 5.41) is 13.7. The maximum atomic E-state index is 12.6. The Labute approximate surface area is 123 Å². The standard InChI is InChI=1S/C14H11F3N2O3/c1-22-13-5-3-2-4-11(13)18-10-7-6-9(14(15,16)17)8-12(10)19(20)21/h2-8,18H,1H3. The van der Waals surface area contributed by atoms with E-state index in [9.17, 15) is 23.3 Å². The number of nitro benzene ring substituents is 1. The summed E-state index contributed by atoms with van der Waals surface area (Å²) in [4.78, 5) is 10.1. The molecule has 0 atom stereocenters. The van der Waals surface area contributed by atoms with E-state index >= 15 is 0 Å². The predicted octanol–water partition coefficient (Wildman–Crippen LogP) is 4.37. The second-order valence-electron chi connectivity index (χ2n) is 4.31. The first-order valence-electron chi connectivity index (χ1n) is 6.08. The number of ether oxygens (including phenoxy) is 1. The van der Waals surface area contributed by atoms with Crippen molar-refractivity contribution >= 4 is 17.1 Å². The maximum absolute atomic E-state index is 12.6. The third kappa shape index (κ3) is 3.27. The first kappa shape index (κ1) is 15.6. The molecule has 2 aromatic carbocycles. The van der Waals surface area contributed by atoms with Gasteiger partial charge < -0.3 is 10.1 Å². The fraction of sp³-hybridized carbons (Fsp3) is 0.143. The van der Waals surface area contributed by atoms with Gasteiger partial charge in [0, 0.05) is 6.07 Å². The van der Waals surface area contributed by atoms with E-state index in [1.165, 1.54) is 7.11 Å². The molecule has 0 aromatic heterocycles. The average Bonchev–Trinajstić information content (AvgIpc) is 2.46. The van der Waals surface area contributed by atoms with E-state index in [0.29, 0.717) is 17.5 Å². The number of alkyl halides is 3. The van der Waals surface area contributed by atoms with Crippen molar-refractivity contribution in [3.63, 3.8) is 0 Å². The SMILES string of the molecule is COc1ccccc1Nc1ccc(C(F)(F)F)cc1[N+](=O)[O-]. The number of para-hydroxylation sites is 2. The van der Waals surface area contributed by atoms with Gasteiger partial charge in [-0.3, -0.25) is 10.1 Å². The number of benzene rings is 2. The number of anilines is 2. The molecule has 22 heavy (non-hydrogen) atoms. The molecule has 8 heteroatoms. The number of rotatable bonds is 4. The van der Waals surface area contributed by atoms with Crippen LogP contribution in [0.25, 0.3) is 0 Å². The van der Waals surface area contributed by atoms with Gasteiger partial charge in [0.15, 0.2) is 0 Å². The Kier molecular flexibility index (Phi) is 4.20. The van der Waals surface area contributed by atoms with Gasteiger partial charge in [-0.15, -0.1) is 0 Å². The summed E-state index contributed by atoms with van der Waals surface area (Å²) in [5.41, 5.74) is -1.39. The van der Waals surface area contributed by atoms with E-state index in [1.54, 1.807) is 24.3 Å². The van der Waals surface area contributed by atoms with Crippen molar-refractivity contribution in [3.8, 4) is 5.75 Å². The average molecular weight is 312 g/mol. The summed E-state index contributed by atoms with van der Waals surface area (Å²) in [6.45, 7) is 0. The highest BCUT2D eigenvalue weighted by Gasteiger charge is 2.33. The second kappa shape index (κ2) is 5.92. The Morgan fingerprint density at radius 2 is 1.82 bits per heavy atom. The molecular weight excluding hydrogens is 301 g/mol. The van der Waals surface area contributed by atoms with Crippen LogP contribution in [0.3, 0.4) is 0 Å². The number of hydrogen-bond acceptors (Lipinski definition) is 4. The van der Waals surface area contributed by atoms with Gasteiger partial charge in [0.2, 0.25) is 0 Å². The van der Waals surface area contributed by atoms with E-state index in [4.69, 9.17) is 4.74 Å². The van der Waals surface area contributed by atoms with Crippen LogP contribution in [-0.2, 0) is 6.18 Å². The molecule has 116 valence electrons. The normalized spacial score (nSPS) is 11.1. The molecule has 2 rings (SSSR count). The maximum Gasteiger partial charge on any atom is 0.416 e. The lowest BCUT2D eigenvalue weighted by Crippen LogP contribution is -2.07. The number of nitrogens with one attached hydrogen (secondary N) is 1. The van der Waals surface area contributed by atoms with E-state index in [-0.39, 0.29) is 5.69 Å². The molecular formula is C14H11F3N2O3. The minimum absolute atomic E-state index is 0.0532. The van der Waals surface area contributed by atoms with Gasteiger partial charge in [0.25, 0.3) is 5.69 Å². The van der Waals surface area contributed by atoms with E-state index in [2.05, 4.69) is 5.32 Å². The highest BCUT2D eigenvalue weighted by molar-refractivity contribution is 5.73. The fourth-order valence-corrected chi connectivity index (χ4v) is 1.86. The molecule has 0 saturated carbocycles. The Morgan fingerprint density at radius 3 is 2.41 bits per heavy atom. The van der Waals surface area contributed by atoms with Crippen LogP contribution in [0.4, 0.5) is 30.2 Å². The lowest BCUT2D eigenvalue weighted by Gasteiger charge is -2.12. The Hall–Kier alpha value is -2.77. The Morgan fingerprint density at radius 1 is 1.14 bits per heavy atom. The highest BCUT2D eigenvalue weighted by Crippen LogP contribution is 2.37. The summed E-state index contributed by atoms with van der Waals surface area (Å²) >= 11 is 0. The topological polar surface area (TPSA) is 64.4 Å². The Bertz CT molecular complexity index is 702. The van der Waals surface area contributed by atoms with Gasteiger partial charge in [0.05, 0.1) is 23.3 Å². The van der Waals surface area contributed by atoms with Crippen molar-refractivity contribution in [1.82, 2.24) is 0 Å². The summed E-state index contributed by atoms with van der Waals surface area (Å²) in [6, 6.07) is 8.89. The van der Waals surface area contributed by atoms with Crippen molar-refractivity contribution in [2.24, 2.45) is 0 Å². The van der Waals surface area contributed by atoms with Crippen molar-refractivity contribution in [2.75, 3.05) is 12.4 Å². The second-order valence-corrected chi connectivity index (χ2v) is 4.31. The molecule has 0 aliphatic heterocycles. The molecule has 0 aliphatic carbocycles. The first-order valence-corrected chi connectivity index (χ1v) is 6.08. The van der Waals surface area contributed by atoms with E-state index in [1.807, 2.05) is 0 Å². The molecule has 0 radical (unpaired) electrons. The van der Waals surface area contributed by atoms with Gasteiger partial charge in [-0.1, -0.05) is 12.1 Å². The van der Waals surface area contributed by atoms with Gasteiger partial charge in [-0.2, -0.15) is 13.2 Å². The predicted molar refractivity (Wildman–Crippen MR) is 74.4 cm³/mol. The molecule has 0 saturated heterocycles. The van der Waals surface area contributed by atoms with Crippen molar-refractivity contribution in [2.45, 2.75) is 6.18 Å². The van der Waals surface area contributed by atoms with Crippen LogP contribution < -0.4 is 10.1 Å². The zero-order valence-electron chi connectivity index (χ0n) is 11.3. The van der Waals surface area contributed by atoms with Gasteiger partial charge in [0.1, 0.15) is 11.4 Å². The molecule has 0 bridgehead atoms. The van der Waals surface area contributed by atoms with Crippen LogP contribution in [0.2, 0.25) is 0 Å². The number of nitrogens with zero attached hydrogens (tertiary/aromatic N) is 1. The number of halogens is 3. The summed E-state index contributed by atoms with van der Waals surface area (Å²) in [7, 11) is 1.42. The summed E-state index contributed by atoms with van der Waals surface area (Å²) in [6.07, 6.45) is -4.65. The van der Waals surface area contributed by atoms with Crippen LogP contribution >= 0.6 is 0 Å². The molecule has 0 fully saturated rings. The molecule has 0 amide bonds. The third-order valence-electron chi connectivity index (χ3n) is 2.90. The lowest BCUT2D eigenvalue weighted by atomic mass is 10.1. The van der Waals surface area contributed by atoms with Crippen molar-refractivity contribution < 1.29 is 22.8 Å². The van der Waals surface area contributed by atoms with E-state index in [0.717, 1.165) is 12.1 Å². The molecule has 1 N–H and O–H groups in total.